The summed E-state index contributed by atoms with van der Waals surface area (Å²) in [6.07, 6.45) is 4.53. The van der Waals surface area contributed by atoms with Crippen LogP contribution in [0, 0.1) is 6.92 Å². The summed E-state index contributed by atoms with van der Waals surface area (Å²) in [4.78, 5) is 21.0. The van der Waals surface area contributed by atoms with E-state index in [2.05, 4.69) is 33.6 Å². The summed E-state index contributed by atoms with van der Waals surface area (Å²) in [5.74, 6) is 1.09. The van der Waals surface area contributed by atoms with E-state index in [-0.39, 0.29) is 11.8 Å². The van der Waals surface area contributed by atoms with E-state index >= 15 is 0 Å². The second-order valence-corrected chi connectivity index (χ2v) is 5.65. The van der Waals surface area contributed by atoms with E-state index in [4.69, 9.17) is 16.1 Å². The number of alkyl halides is 1. The van der Waals surface area contributed by atoms with Crippen LogP contribution in [0.5, 0.6) is 0 Å². The van der Waals surface area contributed by atoms with Crippen LogP contribution >= 0.6 is 11.6 Å². The molecule has 0 bridgehead atoms. The molecule has 132 valence electrons. The molecule has 2 aromatic heterocycles. The molecular weight excluding hydrogens is 354 g/mol. The van der Waals surface area contributed by atoms with Crippen molar-refractivity contribution >= 4 is 35.5 Å². The van der Waals surface area contributed by atoms with Crippen LogP contribution in [0.4, 0.5) is 5.69 Å². The largest absolute Gasteiger partial charge is 0.338 e. The first-order chi connectivity index (χ1) is 12.6. The van der Waals surface area contributed by atoms with E-state index in [1.54, 1.807) is 16.7 Å². The van der Waals surface area contributed by atoms with Gasteiger partial charge in [-0.3, -0.25) is 9.36 Å². The van der Waals surface area contributed by atoms with Gasteiger partial charge in [0.15, 0.2) is 0 Å². The second kappa shape index (κ2) is 7.37. The fraction of sp³-hybridized carbons (Fsp3) is 0.111. The van der Waals surface area contributed by atoms with Gasteiger partial charge in [-0.05, 0) is 24.6 Å². The number of carbonyl (C=O) groups excluding carboxylic acids is 1. The van der Waals surface area contributed by atoms with Gasteiger partial charge < -0.3 is 9.84 Å². The fourth-order valence-corrected chi connectivity index (χ4v) is 2.50. The highest BCUT2D eigenvalue weighted by atomic mass is 35.5. The Morgan fingerprint density at radius 2 is 2.23 bits per heavy atom. The molecule has 3 rings (SSSR count). The van der Waals surface area contributed by atoms with Crippen LogP contribution in [0.3, 0.4) is 0 Å². The summed E-state index contributed by atoms with van der Waals surface area (Å²) >= 11 is 5.69. The smallest absolute Gasteiger partial charge is 0.274 e. The molecule has 1 amide bonds. The zero-order valence-corrected chi connectivity index (χ0v) is 14.8. The molecule has 0 aliphatic carbocycles. The zero-order chi connectivity index (χ0) is 18.7. The SMILES string of the molecule is C=Cc1ncc(C(=O)Nc2cc(-c3noc(CCl)n3)ccc2C)n1C=C. The molecule has 1 N–H and O–H groups in total. The zero-order valence-electron chi connectivity index (χ0n) is 14.1. The number of aryl methyl sites for hydroxylation is 1. The van der Waals surface area contributed by atoms with Gasteiger partial charge >= 0.3 is 0 Å². The van der Waals surface area contributed by atoms with E-state index < -0.39 is 0 Å². The standard InChI is InChI=1S/C18H16ClN5O2/c1-4-15-20-10-14(24(15)5-2)18(25)21-13-8-12(7-6-11(13)3)17-22-16(9-19)26-23-17/h4-8,10H,1-2,9H2,3H3,(H,21,25). The minimum atomic E-state index is -0.319. The van der Waals surface area contributed by atoms with Crippen molar-refractivity contribution in [3.8, 4) is 11.4 Å². The van der Waals surface area contributed by atoms with Crippen molar-refractivity contribution in [1.29, 1.82) is 0 Å². The van der Waals surface area contributed by atoms with Crippen LogP contribution in [0.15, 0.2) is 42.1 Å². The first kappa shape index (κ1) is 17.6. The van der Waals surface area contributed by atoms with Crippen molar-refractivity contribution in [3.63, 3.8) is 0 Å². The van der Waals surface area contributed by atoms with Crippen LogP contribution in [-0.4, -0.2) is 25.6 Å². The van der Waals surface area contributed by atoms with Crippen molar-refractivity contribution < 1.29 is 9.32 Å². The number of imidazole rings is 1. The lowest BCUT2D eigenvalue weighted by atomic mass is 10.1. The Kier molecular flexibility index (Phi) is 4.99. The number of aromatic nitrogens is 4. The molecular formula is C18H16ClN5O2. The van der Waals surface area contributed by atoms with Crippen molar-refractivity contribution in [2.75, 3.05) is 5.32 Å². The molecule has 0 fully saturated rings. The summed E-state index contributed by atoms with van der Waals surface area (Å²) in [7, 11) is 0. The molecule has 8 heteroatoms. The van der Waals surface area contributed by atoms with Gasteiger partial charge in [-0.2, -0.15) is 4.98 Å². The average Bonchev–Trinajstić information content (AvgIpc) is 3.29. The van der Waals surface area contributed by atoms with Gasteiger partial charge in [-0.1, -0.05) is 30.4 Å². The monoisotopic (exact) mass is 369 g/mol. The maximum Gasteiger partial charge on any atom is 0.274 e. The molecule has 7 nitrogen and oxygen atoms in total. The predicted octanol–water partition coefficient (Wildman–Crippen LogP) is 3.98. The van der Waals surface area contributed by atoms with Crippen molar-refractivity contribution in [2.24, 2.45) is 0 Å². The third-order valence-electron chi connectivity index (χ3n) is 3.75. The lowest BCUT2D eigenvalue weighted by Gasteiger charge is -2.10. The van der Waals surface area contributed by atoms with E-state index in [9.17, 15) is 4.79 Å². The van der Waals surface area contributed by atoms with Crippen LogP contribution in [0.2, 0.25) is 0 Å². The minimum Gasteiger partial charge on any atom is -0.338 e. The predicted molar refractivity (Wildman–Crippen MR) is 101 cm³/mol. The number of hydrogen-bond acceptors (Lipinski definition) is 5. The molecule has 0 radical (unpaired) electrons. The first-order valence-electron chi connectivity index (χ1n) is 7.70. The van der Waals surface area contributed by atoms with Crippen LogP contribution in [0.1, 0.15) is 27.8 Å². The molecule has 0 aliphatic rings. The van der Waals surface area contributed by atoms with E-state index in [0.29, 0.717) is 34.5 Å². The Morgan fingerprint density at radius 3 is 2.88 bits per heavy atom. The summed E-state index contributed by atoms with van der Waals surface area (Å²) < 4.78 is 6.58. The van der Waals surface area contributed by atoms with E-state index in [0.717, 1.165) is 5.56 Å². The lowest BCUT2D eigenvalue weighted by Crippen LogP contribution is -2.16. The summed E-state index contributed by atoms with van der Waals surface area (Å²) in [6.45, 7) is 9.26. The van der Waals surface area contributed by atoms with Gasteiger partial charge in [-0.15, -0.1) is 11.6 Å². The van der Waals surface area contributed by atoms with Crippen LogP contribution < -0.4 is 5.32 Å². The van der Waals surface area contributed by atoms with Gasteiger partial charge in [0.1, 0.15) is 17.4 Å². The molecule has 1 aromatic carbocycles. The van der Waals surface area contributed by atoms with Gasteiger partial charge in [0.25, 0.3) is 5.91 Å². The third kappa shape index (κ3) is 3.29. The highest BCUT2D eigenvalue weighted by Crippen LogP contribution is 2.24. The molecule has 0 atom stereocenters. The third-order valence-corrected chi connectivity index (χ3v) is 3.98. The Bertz CT molecular complexity index is 989. The number of halogens is 1. The molecule has 0 saturated heterocycles. The van der Waals surface area contributed by atoms with Gasteiger partial charge in [0.05, 0.1) is 6.20 Å². The number of nitrogens with one attached hydrogen (secondary N) is 1. The first-order valence-corrected chi connectivity index (χ1v) is 8.24. The van der Waals surface area contributed by atoms with Gasteiger partial charge in [0, 0.05) is 17.5 Å². The number of benzene rings is 1. The molecule has 0 aliphatic heterocycles. The van der Waals surface area contributed by atoms with Crippen molar-refractivity contribution in [1.82, 2.24) is 19.7 Å². The van der Waals surface area contributed by atoms with Crippen LogP contribution in [0.25, 0.3) is 23.7 Å². The average molecular weight is 370 g/mol. The molecule has 0 unspecified atom stereocenters. The number of hydrogen-bond donors (Lipinski definition) is 1. The van der Waals surface area contributed by atoms with Crippen molar-refractivity contribution in [2.45, 2.75) is 12.8 Å². The molecule has 3 aromatic rings. The van der Waals surface area contributed by atoms with Crippen molar-refractivity contribution in [3.05, 3.63) is 60.5 Å². The second-order valence-electron chi connectivity index (χ2n) is 5.39. The van der Waals surface area contributed by atoms with Gasteiger partial charge in [-0.25, -0.2) is 4.98 Å². The highest BCUT2D eigenvalue weighted by molar-refractivity contribution is 6.16. The molecule has 0 spiro atoms. The normalized spacial score (nSPS) is 10.5. The summed E-state index contributed by atoms with van der Waals surface area (Å²) in [5, 5.41) is 6.76. The number of rotatable bonds is 6. The Morgan fingerprint density at radius 1 is 1.42 bits per heavy atom. The number of carbonyl (C=O) groups is 1. The summed E-state index contributed by atoms with van der Waals surface area (Å²) in [5.41, 5.74) is 2.57. The summed E-state index contributed by atoms with van der Waals surface area (Å²) in [6, 6.07) is 5.48. The molecule has 0 saturated carbocycles. The Labute approximate surface area is 155 Å². The number of anilines is 1. The molecule has 26 heavy (non-hydrogen) atoms. The van der Waals surface area contributed by atoms with E-state index in [1.807, 2.05) is 19.1 Å². The lowest BCUT2D eigenvalue weighted by molar-refractivity contribution is 0.102. The topological polar surface area (TPSA) is 85.8 Å². The number of nitrogens with zero attached hydrogens (tertiary/aromatic N) is 4. The van der Waals surface area contributed by atoms with Crippen LogP contribution in [-0.2, 0) is 5.88 Å². The van der Waals surface area contributed by atoms with Gasteiger partial charge in [0.2, 0.25) is 11.7 Å². The Balaban J connectivity index is 1.91. The fourth-order valence-electron chi connectivity index (χ4n) is 2.39. The quantitative estimate of drug-likeness (QED) is 0.664. The number of amides is 1. The minimum absolute atomic E-state index is 0.139. The highest BCUT2D eigenvalue weighted by Gasteiger charge is 2.16. The van der Waals surface area contributed by atoms with E-state index in [1.165, 1.54) is 12.4 Å². The maximum atomic E-state index is 12.7. The maximum absolute atomic E-state index is 12.7. The Hall–Kier alpha value is -3.19. The molecule has 2 heterocycles.